The Morgan fingerprint density at radius 3 is 2.44 bits per heavy atom. The van der Waals surface area contributed by atoms with Gasteiger partial charge in [-0.15, -0.1) is 0 Å². The van der Waals surface area contributed by atoms with Gasteiger partial charge in [0.2, 0.25) is 0 Å². The van der Waals surface area contributed by atoms with E-state index in [4.69, 9.17) is 9.84 Å². The first kappa shape index (κ1) is 11.8. The van der Waals surface area contributed by atoms with E-state index in [-0.39, 0.29) is 16.9 Å². The van der Waals surface area contributed by atoms with E-state index in [1.165, 1.54) is 13.0 Å². The van der Waals surface area contributed by atoms with Gasteiger partial charge in [-0.25, -0.2) is 9.59 Å². The lowest BCUT2D eigenvalue weighted by atomic mass is 10.2. The molecular formula is C11H10O5. The lowest BCUT2D eigenvalue weighted by Crippen LogP contribution is -2.08. The molecular weight excluding hydrogens is 212 g/mol. The molecule has 1 aromatic carbocycles. The summed E-state index contributed by atoms with van der Waals surface area (Å²) in [6.07, 6.45) is 0. The Balaban J connectivity index is 2.94. The van der Waals surface area contributed by atoms with Crippen LogP contribution in [0.5, 0.6) is 11.5 Å². The lowest BCUT2D eigenvalue weighted by Gasteiger charge is -2.05. The number of hydrogen-bond acceptors (Lipinski definition) is 4. The molecule has 0 amide bonds. The van der Waals surface area contributed by atoms with Crippen molar-refractivity contribution in [1.29, 1.82) is 0 Å². The fourth-order valence-electron chi connectivity index (χ4n) is 0.950. The fourth-order valence-corrected chi connectivity index (χ4v) is 0.950. The molecule has 2 N–H and O–H groups in total. The van der Waals surface area contributed by atoms with Crippen molar-refractivity contribution in [2.75, 3.05) is 0 Å². The van der Waals surface area contributed by atoms with Crippen molar-refractivity contribution in [3.63, 3.8) is 0 Å². The number of hydrogen-bond donors (Lipinski definition) is 2. The van der Waals surface area contributed by atoms with E-state index < -0.39 is 17.7 Å². The first-order valence-electron chi connectivity index (χ1n) is 4.36. The first-order valence-corrected chi connectivity index (χ1v) is 4.36. The summed E-state index contributed by atoms with van der Waals surface area (Å²) >= 11 is 0. The molecule has 0 radical (unpaired) electrons. The molecule has 0 saturated carbocycles. The van der Waals surface area contributed by atoms with Gasteiger partial charge in [0.15, 0.2) is 0 Å². The van der Waals surface area contributed by atoms with Crippen LogP contribution >= 0.6 is 0 Å². The third-order valence-corrected chi connectivity index (χ3v) is 1.76. The smallest absolute Gasteiger partial charge is 0.339 e. The molecule has 1 aromatic rings. The van der Waals surface area contributed by atoms with Gasteiger partial charge in [0.25, 0.3) is 0 Å². The first-order chi connectivity index (χ1) is 7.41. The van der Waals surface area contributed by atoms with Crippen molar-refractivity contribution in [3.05, 3.63) is 35.9 Å². The van der Waals surface area contributed by atoms with Crippen LogP contribution in [0.4, 0.5) is 0 Å². The molecule has 0 atom stereocenters. The van der Waals surface area contributed by atoms with Crippen molar-refractivity contribution in [1.82, 2.24) is 0 Å². The minimum absolute atomic E-state index is 0.0653. The van der Waals surface area contributed by atoms with Crippen LogP contribution in [-0.2, 0) is 4.79 Å². The van der Waals surface area contributed by atoms with Crippen molar-refractivity contribution < 1.29 is 24.5 Å². The molecule has 0 aliphatic heterocycles. The van der Waals surface area contributed by atoms with Gasteiger partial charge >= 0.3 is 11.9 Å². The van der Waals surface area contributed by atoms with Gasteiger partial charge in [0.1, 0.15) is 17.1 Å². The Morgan fingerprint density at radius 2 is 2.00 bits per heavy atom. The zero-order valence-electron chi connectivity index (χ0n) is 8.56. The molecule has 0 spiro atoms. The van der Waals surface area contributed by atoms with Crippen LogP contribution in [0.1, 0.15) is 17.3 Å². The van der Waals surface area contributed by atoms with Gasteiger partial charge in [0, 0.05) is 11.6 Å². The van der Waals surface area contributed by atoms with Crippen molar-refractivity contribution in [2.24, 2.45) is 0 Å². The summed E-state index contributed by atoms with van der Waals surface area (Å²) in [6.45, 7) is 4.87. The van der Waals surface area contributed by atoms with Gasteiger partial charge in [0.05, 0.1) is 0 Å². The Morgan fingerprint density at radius 1 is 1.38 bits per heavy atom. The summed E-state index contributed by atoms with van der Waals surface area (Å²) in [6, 6.07) is 3.49. The fraction of sp³-hybridized carbons (Fsp3) is 0.0909. The van der Waals surface area contributed by atoms with E-state index in [1.807, 2.05) is 0 Å². The highest BCUT2D eigenvalue weighted by Crippen LogP contribution is 2.23. The van der Waals surface area contributed by atoms with Crippen LogP contribution in [0.2, 0.25) is 0 Å². The van der Waals surface area contributed by atoms with E-state index in [0.717, 1.165) is 12.1 Å². The molecule has 0 aromatic heterocycles. The molecule has 0 saturated heterocycles. The molecule has 84 valence electrons. The second-order valence-corrected chi connectivity index (χ2v) is 3.15. The third-order valence-electron chi connectivity index (χ3n) is 1.76. The van der Waals surface area contributed by atoms with Crippen molar-refractivity contribution >= 4 is 11.9 Å². The number of phenols is 1. The average Bonchev–Trinajstić information content (AvgIpc) is 2.16. The summed E-state index contributed by atoms with van der Waals surface area (Å²) in [4.78, 5) is 21.7. The molecule has 5 nitrogen and oxygen atoms in total. The molecule has 0 bridgehead atoms. The number of aromatic carboxylic acids is 1. The minimum Gasteiger partial charge on any atom is -0.507 e. The van der Waals surface area contributed by atoms with Gasteiger partial charge in [-0.3, -0.25) is 0 Å². The van der Waals surface area contributed by atoms with Gasteiger partial charge in [-0.2, -0.15) is 0 Å². The van der Waals surface area contributed by atoms with E-state index >= 15 is 0 Å². The number of carbonyl (C=O) groups excluding carboxylic acids is 1. The topological polar surface area (TPSA) is 83.8 Å². The maximum Gasteiger partial charge on any atom is 0.339 e. The summed E-state index contributed by atoms with van der Waals surface area (Å²) in [7, 11) is 0. The standard InChI is InChI=1S/C11H10O5/c1-6(2)11(15)16-7-3-4-8(10(13)14)9(12)5-7/h3-5,12H,1H2,2H3,(H,13,14). The van der Waals surface area contributed by atoms with Crippen LogP contribution in [0.25, 0.3) is 0 Å². The lowest BCUT2D eigenvalue weighted by molar-refractivity contribution is -0.130. The largest absolute Gasteiger partial charge is 0.507 e. The van der Waals surface area contributed by atoms with Crippen LogP contribution in [0.15, 0.2) is 30.4 Å². The Hall–Kier alpha value is -2.30. The highest BCUT2D eigenvalue weighted by molar-refractivity contribution is 5.92. The second kappa shape index (κ2) is 4.48. The maximum absolute atomic E-state index is 11.1. The summed E-state index contributed by atoms with van der Waals surface area (Å²) in [5, 5.41) is 18.0. The van der Waals surface area contributed by atoms with Crippen LogP contribution in [-0.4, -0.2) is 22.2 Å². The number of benzene rings is 1. The Bertz CT molecular complexity index is 461. The van der Waals surface area contributed by atoms with Gasteiger partial charge in [-0.1, -0.05) is 6.58 Å². The minimum atomic E-state index is -1.25. The highest BCUT2D eigenvalue weighted by Gasteiger charge is 2.12. The van der Waals surface area contributed by atoms with Crippen LogP contribution < -0.4 is 4.74 Å². The van der Waals surface area contributed by atoms with E-state index in [2.05, 4.69) is 6.58 Å². The predicted molar refractivity (Wildman–Crippen MR) is 55.5 cm³/mol. The number of carbonyl (C=O) groups is 2. The number of rotatable bonds is 3. The summed E-state index contributed by atoms with van der Waals surface area (Å²) in [5.41, 5.74) is -0.0445. The highest BCUT2D eigenvalue weighted by atomic mass is 16.5. The monoisotopic (exact) mass is 222 g/mol. The van der Waals surface area contributed by atoms with Crippen molar-refractivity contribution in [3.8, 4) is 11.5 Å². The second-order valence-electron chi connectivity index (χ2n) is 3.15. The number of carboxylic acids is 1. The molecule has 16 heavy (non-hydrogen) atoms. The molecule has 1 rings (SSSR count). The molecule has 0 aliphatic rings. The van der Waals surface area contributed by atoms with E-state index in [9.17, 15) is 14.7 Å². The van der Waals surface area contributed by atoms with Gasteiger partial charge in [-0.05, 0) is 19.1 Å². The molecule has 5 heteroatoms. The Labute approximate surface area is 91.6 Å². The van der Waals surface area contributed by atoms with Crippen molar-refractivity contribution in [2.45, 2.75) is 6.92 Å². The maximum atomic E-state index is 11.1. The SMILES string of the molecule is C=C(C)C(=O)Oc1ccc(C(=O)O)c(O)c1. The molecule has 0 fully saturated rings. The number of carboxylic acid groups (broad SMARTS) is 1. The Kier molecular flexibility index (Phi) is 3.30. The molecule has 0 aliphatic carbocycles. The predicted octanol–water partition coefficient (Wildman–Crippen LogP) is 1.57. The normalized spacial score (nSPS) is 9.56. The number of ether oxygens (including phenoxy) is 1. The van der Waals surface area contributed by atoms with E-state index in [1.54, 1.807) is 0 Å². The third kappa shape index (κ3) is 2.60. The number of esters is 1. The number of aromatic hydroxyl groups is 1. The summed E-state index contributed by atoms with van der Waals surface area (Å²) in [5.74, 6) is -2.28. The van der Waals surface area contributed by atoms with Crippen LogP contribution in [0, 0.1) is 0 Å². The quantitative estimate of drug-likeness (QED) is 0.460. The summed E-state index contributed by atoms with van der Waals surface area (Å²) < 4.78 is 4.80. The van der Waals surface area contributed by atoms with E-state index in [0.29, 0.717) is 0 Å². The van der Waals surface area contributed by atoms with Gasteiger partial charge < -0.3 is 14.9 Å². The van der Waals surface area contributed by atoms with Crippen LogP contribution in [0.3, 0.4) is 0 Å². The zero-order valence-corrected chi connectivity index (χ0v) is 8.56. The molecule has 0 unspecified atom stereocenters. The average molecular weight is 222 g/mol. The molecule has 0 heterocycles. The zero-order chi connectivity index (χ0) is 12.3.